The largest absolute Gasteiger partial charge is 0.445 e. The van der Waals surface area contributed by atoms with Gasteiger partial charge in [-0.05, 0) is 30.5 Å². The minimum absolute atomic E-state index is 0.0369. The first-order chi connectivity index (χ1) is 16.0. The normalized spacial score (nSPS) is 15.5. The minimum Gasteiger partial charge on any atom is -0.445 e. The van der Waals surface area contributed by atoms with E-state index in [0.29, 0.717) is 23.6 Å². The number of nitriles is 1. The molecule has 9 heteroatoms. The Balaban J connectivity index is 1.43. The lowest BCUT2D eigenvalue weighted by molar-refractivity contribution is 0.134. The van der Waals surface area contributed by atoms with E-state index in [1.165, 1.54) is 12.1 Å². The topological polar surface area (TPSA) is 117 Å². The van der Waals surface area contributed by atoms with Gasteiger partial charge in [0, 0.05) is 30.8 Å². The van der Waals surface area contributed by atoms with E-state index in [-0.39, 0.29) is 24.2 Å². The Morgan fingerprint density at radius 3 is 2.82 bits per heavy atom. The third-order valence-electron chi connectivity index (χ3n) is 5.40. The number of hydrogen-bond donors (Lipinski definition) is 2. The fraction of sp³-hybridized carbons (Fsp3) is 0.250. The Labute approximate surface area is 190 Å². The summed E-state index contributed by atoms with van der Waals surface area (Å²) in [7, 11) is 0. The van der Waals surface area contributed by atoms with Crippen LogP contribution in [0.3, 0.4) is 0 Å². The van der Waals surface area contributed by atoms with Crippen LogP contribution in [-0.4, -0.2) is 35.2 Å². The molecule has 8 nitrogen and oxygen atoms in total. The molecule has 3 aromatic rings. The van der Waals surface area contributed by atoms with Crippen LogP contribution in [0.15, 0.2) is 54.6 Å². The molecule has 1 aliphatic heterocycles. The third kappa shape index (κ3) is 5.54. The van der Waals surface area contributed by atoms with E-state index in [2.05, 4.69) is 15.3 Å². The summed E-state index contributed by atoms with van der Waals surface area (Å²) in [4.78, 5) is 22.8. The lowest BCUT2D eigenvalue weighted by Crippen LogP contribution is -2.48. The second kappa shape index (κ2) is 9.96. The fourth-order valence-electron chi connectivity index (χ4n) is 3.76. The van der Waals surface area contributed by atoms with Crippen LogP contribution >= 0.6 is 0 Å². The number of nitrogens with two attached hydrogens (primary N) is 1. The molecule has 0 radical (unpaired) electrons. The number of carbonyl (C=O) groups excluding carboxylic acids is 1. The average molecular weight is 446 g/mol. The van der Waals surface area contributed by atoms with Crippen LogP contribution in [0.25, 0.3) is 11.3 Å². The van der Waals surface area contributed by atoms with E-state index >= 15 is 0 Å². The molecule has 0 aliphatic carbocycles. The molecular weight excluding hydrogens is 423 g/mol. The van der Waals surface area contributed by atoms with Gasteiger partial charge in [-0.3, -0.25) is 0 Å². The summed E-state index contributed by atoms with van der Waals surface area (Å²) in [6, 6.07) is 17.2. The first-order valence-electron chi connectivity index (χ1n) is 10.6. The summed E-state index contributed by atoms with van der Waals surface area (Å²) in [6.45, 7) is 1.46. The third-order valence-corrected chi connectivity index (χ3v) is 5.40. The zero-order chi connectivity index (χ0) is 23.2. The van der Waals surface area contributed by atoms with Gasteiger partial charge < -0.3 is 20.7 Å². The number of halogens is 1. The number of amides is 1. The molecule has 2 heterocycles. The van der Waals surface area contributed by atoms with Crippen LogP contribution in [0.5, 0.6) is 0 Å². The van der Waals surface area contributed by atoms with Gasteiger partial charge in [-0.25, -0.2) is 14.2 Å². The second-order valence-corrected chi connectivity index (χ2v) is 7.77. The molecule has 1 aliphatic rings. The van der Waals surface area contributed by atoms with Crippen molar-refractivity contribution >= 4 is 17.9 Å². The highest BCUT2D eigenvalue weighted by Crippen LogP contribution is 2.26. The minimum atomic E-state index is -0.620. The second-order valence-electron chi connectivity index (χ2n) is 7.77. The zero-order valence-electron chi connectivity index (χ0n) is 17.9. The summed E-state index contributed by atoms with van der Waals surface area (Å²) < 4.78 is 19.4. The lowest BCUT2D eigenvalue weighted by atomic mass is 10.1. The predicted octanol–water partition coefficient (Wildman–Crippen LogP) is 3.63. The maximum atomic E-state index is 14.1. The van der Waals surface area contributed by atoms with Gasteiger partial charge in [0.2, 0.25) is 5.95 Å². The number of piperidine rings is 1. The molecule has 0 spiro atoms. The highest BCUT2D eigenvalue weighted by Gasteiger charge is 2.24. The molecule has 1 unspecified atom stereocenters. The van der Waals surface area contributed by atoms with Crippen molar-refractivity contribution in [2.75, 3.05) is 23.7 Å². The van der Waals surface area contributed by atoms with Gasteiger partial charge in [-0.1, -0.05) is 36.4 Å². The van der Waals surface area contributed by atoms with E-state index in [1.807, 2.05) is 35.2 Å². The van der Waals surface area contributed by atoms with Crippen LogP contribution in [0.4, 0.5) is 21.0 Å². The van der Waals surface area contributed by atoms with Gasteiger partial charge in [0.15, 0.2) is 0 Å². The first-order valence-corrected chi connectivity index (χ1v) is 10.6. The van der Waals surface area contributed by atoms with Gasteiger partial charge in [0.25, 0.3) is 0 Å². The van der Waals surface area contributed by atoms with Crippen LogP contribution < -0.4 is 16.0 Å². The van der Waals surface area contributed by atoms with Crippen molar-refractivity contribution in [3.63, 3.8) is 0 Å². The predicted molar refractivity (Wildman–Crippen MR) is 122 cm³/mol. The fourth-order valence-corrected chi connectivity index (χ4v) is 3.76. The Bertz CT molecular complexity index is 1180. The number of rotatable bonds is 5. The van der Waals surface area contributed by atoms with Crippen molar-refractivity contribution in [1.29, 1.82) is 5.26 Å². The van der Waals surface area contributed by atoms with Gasteiger partial charge in [-0.2, -0.15) is 10.2 Å². The number of hydrogen-bond acceptors (Lipinski definition) is 7. The molecule has 1 fully saturated rings. The van der Waals surface area contributed by atoms with E-state index in [4.69, 9.17) is 15.7 Å². The molecule has 1 aromatic heterocycles. The number of nitrogens with zero attached hydrogens (tertiary/aromatic N) is 4. The van der Waals surface area contributed by atoms with E-state index in [9.17, 15) is 9.18 Å². The molecule has 1 amide bonds. The molecule has 2 aromatic carbocycles. The highest BCUT2D eigenvalue weighted by molar-refractivity contribution is 5.68. The van der Waals surface area contributed by atoms with Crippen molar-refractivity contribution in [3.05, 3.63) is 71.5 Å². The number of nitrogens with one attached hydrogen (secondary N) is 1. The molecular formula is C24H23FN6O2. The Hall–Kier alpha value is -4.19. The number of alkyl carbamates (subject to hydrolysis) is 1. The van der Waals surface area contributed by atoms with Gasteiger partial charge in [0.1, 0.15) is 24.3 Å². The first kappa shape index (κ1) is 22.0. The summed E-state index contributed by atoms with van der Waals surface area (Å²) in [5.41, 5.74) is 7.76. The standard InChI is InChI=1S/C24H23FN6O2/c25-20-11-17(8-9-18(20)13-26)21-12-22(30-23(27)29-21)31-10-4-7-19(14-31)28-24(32)33-15-16-5-2-1-3-6-16/h1-3,5-6,8-9,11-12,19H,4,7,10,14-15H2,(H,28,32)(H2,27,29,30). The summed E-state index contributed by atoms with van der Waals surface area (Å²) >= 11 is 0. The molecule has 0 saturated carbocycles. The number of aromatic nitrogens is 2. The van der Waals surface area contributed by atoms with Crippen molar-refractivity contribution in [2.45, 2.75) is 25.5 Å². The Morgan fingerprint density at radius 2 is 2.06 bits per heavy atom. The van der Waals surface area contributed by atoms with Gasteiger partial charge in [-0.15, -0.1) is 0 Å². The van der Waals surface area contributed by atoms with E-state index in [1.54, 1.807) is 18.2 Å². The number of ether oxygens (including phenoxy) is 1. The quantitative estimate of drug-likeness (QED) is 0.614. The molecule has 1 saturated heterocycles. The van der Waals surface area contributed by atoms with Crippen molar-refractivity contribution < 1.29 is 13.9 Å². The van der Waals surface area contributed by atoms with Crippen LogP contribution in [0.2, 0.25) is 0 Å². The number of benzene rings is 2. The summed E-state index contributed by atoms with van der Waals surface area (Å²) in [6.07, 6.45) is 1.18. The molecule has 3 N–H and O–H groups in total. The van der Waals surface area contributed by atoms with Crippen LogP contribution in [0.1, 0.15) is 24.0 Å². The summed E-state index contributed by atoms with van der Waals surface area (Å²) in [5, 5.41) is 11.8. The highest BCUT2D eigenvalue weighted by atomic mass is 19.1. The van der Waals surface area contributed by atoms with Crippen molar-refractivity contribution in [2.24, 2.45) is 0 Å². The molecule has 168 valence electrons. The van der Waals surface area contributed by atoms with Crippen LogP contribution in [-0.2, 0) is 11.3 Å². The molecule has 0 bridgehead atoms. The maximum absolute atomic E-state index is 14.1. The molecule has 4 rings (SSSR count). The Morgan fingerprint density at radius 1 is 1.24 bits per heavy atom. The van der Waals surface area contributed by atoms with Gasteiger partial charge in [0.05, 0.1) is 11.3 Å². The van der Waals surface area contributed by atoms with Crippen molar-refractivity contribution in [3.8, 4) is 17.3 Å². The number of anilines is 2. The van der Waals surface area contributed by atoms with E-state index < -0.39 is 11.9 Å². The van der Waals surface area contributed by atoms with Crippen molar-refractivity contribution in [1.82, 2.24) is 15.3 Å². The monoisotopic (exact) mass is 446 g/mol. The van der Waals surface area contributed by atoms with Gasteiger partial charge >= 0.3 is 6.09 Å². The summed E-state index contributed by atoms with van der Waals surface area (Å²) in [5.74, 6) is 0.0287. The Kier molecular flexibility index (Phi) is 6.64. The number of carbonyl (C=O) groups is 1. The van der Waals surface area contributed by atoms with Crippen LogP contribution in [0, 0.1) is 17.1 Å². The number of nitrogen functional groups attached to an aromatic ring is 1. The molecule has 1 atom stereocenters. The zero-order valence-corrected chi connectivity index (χ0v) is 17.9. The SMILES string of the molecule is N#Cc1ccc(-c2cc(N3CCCC(NC(=O)OCc4ccccc4)C3)nc(N)n2)cc1F. The average Bonchev–Trinajstić information content (AvgIpc) is 2.83. The van der Waals surface area contributed by atoms with E-state index in [0.717, 1.165) is 24.9 Å². The maximum Gasteiger partial charge on any atom is 0.407 e. The lowest BCUT2D eigenvalue weighted by Gasteiger charge is -2.33. The molecule has 33 heavy (non-hydrogen) atoms. The smallest absolute Gasteiger partial charge is 0.407 e.